The highest BCUT2D eigenvalue weighted by Gasteiger charge is 2.41. The van der Waals surface area contributed by atoms with E-state index in [1.165, 1.54) is 20.0 Å². The molecule has 4 heteroatoms. The molecule has 3 rings (SSSR count). The first-order chi connectivity index (χ1) is 9.24. The van der Waals surface area contributed by atoms with E-state index in [1.54, 1.807) is 0 Å². The SMILES string of the molecule is COC(=O)c1ccccc1N1CCC2(CCNC2)C1. The molecule has 19 heavy (non-hydrogen) atoms. The lowest BCUT2D eigenvalue weighted by Crippen LogP contribution is -2.29. The summed E-state index contributed by atoms with van der Waals surface area (Å²) < 4.78 is 4.88. The number of esters is 1. The zero-order chi connectivity index (χ0) is 13.3. The van der Waals surface area contributed by atoms with Crippen LogP contribution in [0.1, 0.15) is 23.2 Å². The largest absolute Gasteiger partial charge is 0.465 e. The van der Waals surface area contributed by atoms with Gasteiger partial charge in [-0.3, -0.25) is 0 Å². The number of nitrogens with one attached hydrogen (secondary N) is 1. The molecule has 0 aromatic heterocycles. The highest BCUT2D eigenvalue weighted by atomic mass is 16.5. The van der Waals surface area contributed by atoms with Crippen LogP contribution in [0.2, 0.25) is 0 Å². The fourth-order valence-electron chi connectivity index (χ4n) is 3.32. The maximum absolute atomic E-state index is 11.8. The van der Waals surface area contributed by atoms with Crippen molar-refractivity contribution in [1.82, 2.24) is 5.32 Å². The Kier molecular flexibility index (Phi) is 3.19. The minimum atomic E-state index is -0.249. The molecule has 1 aromatic rings. The Hall–Kier alpha value is -1.55. The van der Waals surface area contributed by atoms with Crippen LogP contribution in [0.25, 0.3) is 0 Å². The third-order valence-corrected chi connectivity index (χ3v) is 4.42. The summed E-state index contributed by atoms with van der Waals surface area (Å²) in [5, 5.41) is 3.46. The van der Waals surface area contributed by atoms with Crippen LogP contribution in [0, 0.1) is 5.41 Å². The lowest BCUT2D eigenvalue weighted by molar-refractivity contribution is 0.0601. The molecule has 0 aliphatic carbocycles. The minimum Gasteiger partial charge on any atom is -0.465 e. The van der Waals surface area contributed by atoms with Gasteiger partial charge in [0.25, 0.3) is 0 Å². The molecule has 2 heterocycles. The first kappa shape index (κ1) is 12.5. The maximum Gasteiger partial charge on any atom is 0.339 e. The van der Waals surface area contributed by atoms with Crippen molar-refractivity contribution in [3.8, 4) is 0 Å². The smallest absolute Gasteiger partial charge is 0.339 e. The Morgan fingerprint density at radius 3 is 2.95 bits per heavy atom. The van der Waals surface area contributed by atoms with Crippen molar-refractivity contribution in [2.45, 2.75) is 12.8 Å². The topological polar surface area (TPSA) is 41.6 Å². The number of rotatable bonds is 2. The summed E-state index contributed by atoms with van der Waals surface area (Å²) in [4.78, 5) is 14.2. The van der Waals surface area contributed by atoms with Crippen molar-refractivity contribution in [2.75, 3.05) is 38.2 Å². The summed E-state index contributed by atoms with van der Waals surface area (Å²) in [6, 6.07) is 7.74. The maximum atomic E-state index is 11.8. The van der Waals surface area contributed by atoms with E-state index in [2.05, 4.69) is 10.2 Å². The number of carbonyl (C=O) groups excluding carboxylic acids is 1. The van der Waals surface area contributed by atoms with Crippen LogP contribution >= 0.6 is 0 Å². The van der Waals surface area contributed by atoms with Crippen LogP contribution in [0.15, 0.2) is 24.3 Å². The second kappa shape index (κ2) is 4.85. The van der Waals surface area contributed by atoms with Gasteiger partial charge >= 0.3 is 5.97 Å². The lowest BCUT2D eigenvalue weighted by atomic mass is 9.86. The van der Waals surface area contributed by atoms with E-state index >= 15 is 0 Å². The number of nitrogens with zero attached hydrogens (tertiary/aromatic N) is 1. The number of hydrogen-bond acceptors (Lipinski definition) is 4. The Labute approximate surface area is 113 Å². The zero-order valence-electron chi connectivity index (χ0n) is 11.3. The Morgan fingerprint density at radius 1 is 1.37 bits per heavy atom. The van der Waals surface area contributed by atoms with E-state index in [4.69, 9.17) is 4.74 Å². The van der Waals surface area contributed by atoms with Crippen LogP contribution < -0.4 is 10.2 Å². The van der Waals surface area contributed by atoms with Gasteiger partial charge in [-0.1, -0.05) is 12.1 Å². The van der Waals surface area contributed by atoms with Crippen LogP contribution in [0.3, 0.4) is 0 Å². The number of methoxy groups -OCH3 is 1. The second-order valence-electron chi connectivity index (χ2n) is 5.61. The fourth-order valence-corrected chi connectivity index (χ4v) is 3.32. The molecule has 2 fully saturated rings. The highest BCUT2D eigenvalue weighted by Crippen LogP contribution is 2.39. The van der Waals surface area contributed by atoms with Crippen LogP contribution in [-0.2, 0) is 4.74 Å². The van der Waals surface area contributed by atoms with Gasteiger partial charge < -0.3 is 15.0 Å². The van der Waals surface area contributed by atoms with Crippen LogP contribution in [0.5, 0.6) is 0 Å². The predicted molar refractivity (Wildman–Crippen MR) is 74.5 cm³/mol. The molecular weight excluding hydrogens is 240 g/mol. The van der Waals surface area contributed by atoms with Crippen molar-refractivity contribution in [3.63, 3.8) is 0 Å². The summed E-state index contributed by atoms with van der Waals surface area (Å²) in [6.07, 6.45) is 2.44. The molecule has 0 radical (unpaired) electrons. The van der Waals surface area contributed by atoms with Crippen molar-refractivity contribution in [3.05, 3.63) is 29.8 Å². The molecule has 1 N–H and O–H groups in total. The normalized spacial score (nSPS) is 26.1. The van der Waals surface area contributed by atoms with Crippen molar-refractivity contribution < 1.29 is 9.53 Å². The van der Waals surface area contributed by atoms with Gasteiger partial charge in [-0.2, -0.15) is 0 Å². The lowest BCUT2D eigenvalue weighted by Gasteiger charge is -2.25. The molecule has 1 aromatic carbocycles. The first-order valence-corrected chi connectivity index (χ1v) is 6.87. The Balaban J connectivity index is 1.85. The van der Waals surface area contributed by atoms with Gasteiger partial charge in [-0.25, -0.2) is 4.79 Å². The molecule has 0 bridgehead atoms. The molecule has 2 aliphatic heterocycles. The van der Waals surface area contributed by atoms with Gasteiger partial charge in [0.15, 0.2) is 0 Å². The second-order valence-corrected chi connectivity index (χ2v) is 5.61. The molecule has 102 valence electrons. The summed E-state index contributed by atoms with van der Waals surface area (Å²) in [6.45, 7) is 4.28. The average molecular weight is 260 g/mol. The molecule has 2 aliphatic rings. The van der Waals surface area contributed by atoms with Crippen molar-refractivity contribution in [2.24, 2.45) is 5.41 Å². The molecule has 1 spiro atoms. The van der Waals surface area contributed by atoms with E-state index in [0.717, 1.165) is 31.9 Å². The minimum absolute atomic E-state index is 0.249. The van der Waals surface area contributed by atoms with Gasteiger partial charge in [0.2, 0.25) is 0 Å². The number of anilines is 1. The summed E-state index contributed by atoms with van der Waals surface area (Å²) in [5.41, 5.74) is 2.09. The molecule has 1 unspecified atom stereocenters. The number of carbonyl (C=O) groups is 1. The van der Waals surface area contributed by atoms with E-state index in [0.29, 0.717) is 11.0 Å². The molecule has 0 amide bonds. The monoisotopic (exact) mass is 260 g/mol. The van der Waals surface area contributed by atoms with Gasteiger partial charge in [0.1, 0.15) is 0 Å². The van der Waals surface area contributed by atoms with Gasteiger partial charge in [-0.15, -0.1) is 0 Å². The molecule has 4 nitrogen and oxygen atoms in total. The predicted octanol–water partition coefficient (Wildman–Crippen LogP) is 1.66. The van der Waals surface area contributed by atoms with E-state index in [1.807, 2.05) is 24.3 Å². The van der Waals surface area contributed by atoms with Gasteiger partial charge in [-0.05, 0) is 31.5 Å². The number of benzene rings is 1. The van der Waals surface area contributed by atoms with Gasteiger partial charge in [0.05, 0.1) is 18.4 Å². The van der Waals surface area contributed by atoms with E-state index in [-0.39, 0.29) is 5.97 Å². The van der Waals surface area contributed by atoms with E-state index < -0.39 is 0 Å². The van der Waals surface area contributed by atoms with Crippen molar-refractivity contribution in [1.29, 1.82) is 0 Å². The zero-order valence-corrected chi connectivity index (χ0v) is 11.3. The molecular formula is C15H20N2O2. The van der Waals surface area contributed by atoms with Crippen LogP contribution in [0.4, 0.5) is 5.69 Å². The third kappa shape index (κ3) is 2.21. The molecule has 2 saturated heterocycles. The Morgan fingerprint density at radius 2 is 2.21 bits per heavy atom. The third-order valence-electron chi connectivity index (χ3n) is 4.42. The summed E-state index contributed by atoms with van der Waals surface area (Å²) in [7, 11) is 1.44. The molecule has 1 atom stereocenters. The summed E-state index contributed by atoms with van der Waals surface area (Å²) in [5.74, 6) is -0.249. The first-order valence-electron chi connectivity index (χ1n) is 6.87. The number of ether oxygens (including phenoxy) is 1. The number of para-hydroxylation sites is 1. The molecule has 0 saturated carbocycles. The van der Waals surface area contributed by atoms with Crippen LogP contribution in [-0.4, -0.2) is 39.3 Å². The van der Waals surface area contributed by atoms with Crippen molar-refractivity contribution >= 4 is 11.7 Å². The number of hydrogen-bond donors (Lipinski definition) is 1. The summed E-state index contributed by atoms with van der Waals surface area (Å²) >= 11 is 0. The quantitative estimate of drug-likeness (QED) is 0.821. The van der Waals surface area contributed by atoms with Gasteiger partial charge in [0, 0.05) is 25.0 Å². The average Bonchev–Trinajstić information content (AvgIpc) is 3.09. The standard InChI is InChI=1S/C15H20N2O2/c1-19-14(18)12-4-2-3-5-13(12)17-9-7-15(11-17)6-8-16-10-15/h2-5,16H,6-11H2,1H3. The highest BCUT2D eigenvalue weighted by molar-refractivity contribution is 5.95. The fraction of sp³-hybridized carbons (Fsp3) is 0.533. The van der Waals surface area contributed by atoms with E-state index in [9.17, 15) is 4.79 Å². The Bertz CT molecular complexity index is 481.